The quantitative estimate of drug-likeness (QED) is 0.722. The molecule has 2 aromatic heterocycles. The minimum absolute atomic E-state index is 0.0221. The molecule has 3 aromatic rings. The number of hydrogen-bond acceptors (Lipinski definition) is 5. The van der Waals surface area contributed by atoms with Crippen LogP contribution in [0.25, 0.3) is 11.0 Å². The number of aryl methyl sites for hydroxylation is 1. The lowest BCUT2D eigenvalue weighted by molar-refractivity contribution is -0.120. The van der Waals surface area contributed by atoms with Crippen molar-refractivity contribution >= 4 is 45.7 Å². The maximum Gasteiger partial charge on any atom is 0.264 e. The standard InChI is InChI=1S/C20H20ClN5O2/c1-11-20-16(26(10-22-20)8-12-3-4-12)7-18(23-11)24-14-6-17-15(5-13(14)21)25(2)19(27)9-28-17/h5-7,10,12H,3-4,8-9H2,1-2H3,(H,23,24). The number of hydrogen-bond donors (Lipinski definition) is 1. The molecule has 1 aromatic carbocycles. The molecule has 0 spiro atoms. The van der Waals surface area contributed by atoms with Gasteiger partial charge in [-0.2, -0.15) is 0 Å². The molecule has 28 heavy (non-hydrogen) atoms. The van der Waals surface area contributed by atoms with Crippen LogP contribution >= 0.6 is 11.6 Å². The van der Waals surface area contributed by atoms with Crippen LogP contribution in [-0.2, 0) is 11.3 Å². The Morgan fingerprint density at radius 3 is 2.93 bits per heavy atom. The number of nitrogens with zero attached hydrogens (tertiary/aromatic N) is 4. The third kappa shape index (κ3) is 2.96. The summed E-state index contributed by atoms with van der Waals surface area (Å²) in [5.74, 6) is 1.97. The number of pyridine rings is 1. The summed E-state index contributed by atoms with van der Waals surface area (Å²) in [6.45, 7) is 2.97. The van der Waals surface area contributed by atoms with E-state index in [1.165, 1.54) is 12.8 Å². The van der Waals surface area contributed by atoms with E-state index in [4.69, 9.17) is 16.3 Å². The van der Waals surface area contributed by atoms with Crippen LogP contribution in [0.15, 0.2) is 24.5 Å². The molecule has 5 rings (SSSR count). The number of likely N-dealkylation sites (N-methyl/N-ethyl adjacent to an activating group) is 1. The van der Waals surface area contributed by atoms with Crippen LogP contribution in [0.3, 0.4) is 0 Å². The lowest BCUT2D eigenvalue weighted by atomic mass is 10.2. The van der Waals surface area contributed by atoms with Gasteiger partial charge in [0.15, 0.2) is 6.61 Å². The summed E-state index contributed by atoms with van der Waals surface area (Å²) in [6.07, 6.45) is 4.47. The summed E-state index contributed by atoms with van der Waals surface area (Å²) in [5.41, 5.74) is 4.20. The molecule has 8 heteroatoms. The minimum atomic E-state index is -0.101. The number of rotatable bonds is 4. The molecule has 0 radical (unpaired) electrons. The third-order valence-corrected chi connectivity index (χ3v) is 5.65. The maximum absolute atomic E-state index is 11.8. The van der Waals surface area contributed by atoms with Gasteiger partial charge >= 0.3 is 0 Å². The van der Waals surface area contributed by atoms with Crippen molar-refractivity contribution in [2.75, 3.05) is 23.9 Å². The molecule has 1 amide bonds. The molecule has 1 fully saturated rings. The Morgan fingerprint density at radius 2 is 2.14 bits per heavy atom. The summed E-state index contributed by atoms with van der Waals surface area (Å²) in [6, 6.07) is 5.55. The average Bonchev–Trinajstić information content (AvgIpc) is 3.39. The number of aromatic nitrogens is 3. The van der Waals surface area contributed by atoms with E-state index in [0.717, 1.165) is 29.2 Å². The molecule has 1 aliphatic carbocycles. The Kier molecular flexibility index (Phi) is 3.94. The zero-order valence-electron chi connectivity index (χ0n) is 15.7. The predicted octanol–water partition coefficient (Wildman–Crippen LogP) is 3.90. The first-order valence-corrected chi connectivity index (χ1v) is 9.70. The van der Waals surface area contributed by atoms with Crippen molar-refractivity contribution < 1.29 is 9.53 Å². The lowest BCUT2D eigenvalue weighted by Crippen LogP contribution is -2.35. The van der Waals surface area contributed by atoms with Gasteiger partial charge in [0.25, 0.3) is 5.91 Å². The number of ether oxygens (including phenoxy) is 1. The number of imidazole rings is 1. The first-order valence-electron chi connectivity index (χ1n) is 9.32. The molecule has 2 aliphatic rings. The topological polar surface area (TPSA) is 72.3 Å². The fraction of sp³-hybridized carbons (Fsp3) is 0.350. The Labute approximate surface area is 167 Å². The molecular formula is C20H20ClN5O2. The molecule has 144 valence electrons. The number of benzene rings is 1. The Hall–Kier alpha value is -2.80. The van der Waals surface area contributed by atoms with Gasteiger partial charge in [-0.05, 0) is 31.7 Å². The monoisotopic (exact) mass is 397 g/mol. The van der Waals surface area contributed by atoms with Crippen molar-refractivity contribution in [3.8, 4) is 5.75 Å². The van der Waals surface area contributed by atoms with Crippen molar-refractivity contribution in [3.63, 3.8) is 0 Å². The SMILES string of the molecule is Cc1nc(Nc2cc3c(cc2Cl)N(C)C(=O)CO3)cc2c1ncn2CC1CC1. The van der Waals surface area contributed by atoms with Crippen LogP contribution in [0.4, 0.5) is 17.2 Å². The van der Waals surface area contributed by atoms with E-state index >= 15 is 0 Å². The van der Waals surface area contributed by atoms with E-state index in [0.29, 0.717) is 28.0 Å². The van der Waals surface area contributed by atoms with Gasteiger partial charge < -0.3 is 19.5 Å². The van der Waals surface area contributed by atoms with Crippen LogP contribution in [-0.4, -0.2) is 34.1 Å². The first kappa shape index (κ1) is 17.3. The summed E-state index contributed by atoms with van der Waals surface area (Å²) in [4.78, 5) is 22.5. The lowest BCUT2D eigenvalue weighted by Gasteiger charge is -2.26. The van der Waals surface area contributed by atoms with Gasteiger partial charge in [0, 0.05) is 25.7 Å². The molecule has 1 aliphatic heterocycles. The summed E-state index contributed by atoms with van der Waals surface area (Å²) < 4.78 is 7.77. The van der Waals surface area contributed by atoms with Gasteiger partial charge in [-0.15, -0.1) is 0 Å². The minimum Gasteiger partial charge on any atom is -0.481 e. The Balaban J connectivity index is 1.50. The van der Waals surface area contributed by atoms with Crippen molar-refractivity contribution in [3.05, 3.63) is 35.2 Å². The molecule has 0 saturated heterocycles. The largest absolute Gasteiger partial charge is 0.481 e. The number of halogens is 1. The van der Waals surface area contributed by atoms with Gasteiger partial charge in [0.1, 0.15) is 17.1 Å². The van der Waals surface area contributed by atoms with Crippen LogP contribution in [0.1, 0.15) is 18.5 Å². The highest BCUT2D eigenvalue weighted by molar-refractivity contribution is 6.34. The summed E-state index contributed by atoms with van der Waals surface area (Å²) in [5, 5.41) is 3.80. The molecule has 1 saturated carbocycles. The third-order valence-electron chi connectivity index (χ3n) is 5.33. The van der Waals surface area contributed by atoms with E-state index in [1.807, 2.05) is 25.4 Å². The van der Waals surface area contributed by atoms with Crippen LogP contribution in [0.5, 0.6) is 5.75 Å². The van der Waals surface area contributed by atoms with E-state index < -0.39 is 0 Å². The summed E-state index contributed by atoms with van der Waals surface area (Å²) in [7, 11) is 1.72. The molecule has 3 heterocycles. The first-order chi connectivity index (χ1) is 13.5. The highest BCUT2D eigenvalue weighted by Gasteiger charge is 2.25. The van der Waals surface area contributed by atoms with Crippen molar-refractivity contribution in [1.29, 1.82) is 0 Å². The van der Waals surface area contributed by atoms with Gasteiger partial charge in [0.05, 0.1) is 33.9 Å². The van der Waals surface area contributed by atoms with Crippen molar-refractivity contribution in [2.24, 2.45) is 5.92 Å². The summed E-state index contributed by atoms with van der Waals surface area (Å²) >= 11 is 6.47. The number of amides is 1. The van der Waals surface area contributed by atoms with Crippen LogP contribution in [0, 0.1) is 12.8 Å². The van der Waals surface area contributed by atoms with Gasteiger partial charge in [-0.3, -0.25) is 4.79 Å². The van der Waals surface area contributed by atoms with Crippen LogP contribution in [0.2, 0.25) is 5.02 Å². The fourth-order valence-electron chi connectivity index (χ4n) is 3.53. The van der Waals surface area contributed by atoms with Gasteiger partial charge in [-0.25, -0.2) is 9.97 Å². The molecule has 7 nitrogen and oxygen atoms in total. The van der Waals surface area contributed by atoms with Gasteiger partial charge in [0.2, 0.25) is 0 Å². The van der Waals surface area contributed by atoms with E-state index in [1.54, 1.807) is 18.0 Å². The predicted molar refractivity (Wildman–Crippen MR) is 109 cm³/mol. The Morgan fingerprint density at radius 1 is 1.32 bits per heavy atom. The number of fused-ring (bicyclic) bond motifs is 2. The Bertz CT molecular complexity index is 1110. The number of anilines is 3. The maximum atomic E-state index is 11.8. The van der Waals surface area contributed by atoms with E-state index in [2.05, 4.69) is 19.9 Å². The number of nitrogens with one attached hydrogen (secondary N) is 1. The van der Waals surface area contributed by atoms with Gasteiger partial charge in [-0.1, -0.05) is 11.6 Å². The van der Waals surface area contributed by atoms with E-state index in [9.17, 15) is 4.79 Å². The molecule has 0 unspecified atom stereocenters. The average molecular weight is 398 g/mol. The molecule has 1 N–H and O–H groups in total. The second-order valence-electron chi connectivity index (χ2n) is 7.47. The molecular weight excluding hydrogens is 378 g/mol. The number of carbonyl (C=O) groups is 1. The fourth-order valence-corrected chi connectivity index (χ4v) is 3.74. The highest BCUT2D eigenvalue weighted by Crippen LogP contribution is 2.39. The second-order valence-corrected chi connectivity index (χ2v) is 7.87. The normalized spacial score (nSPS) is 16.2. The smallest absolute Gasteiger partial charge is 0.264 e. The molecule has 0 atom stereocenters. The van der Waals surface area contributed by atoms with E-state index in [-0.39, 0.29) is 12.5 Å². The van der Waals surface area contributed by atoms with Crippen molar-refractivity contribution in [2.45, 2.75) is 26.3 Å². The zero-order valence-corrected chi connectivity index (χ0v) is 16.5. The van der Waals surface area contributed by atoms with Crippen molar-refractivity contribution in [1.82, 2.24) is 14.5 Å². The second kappa shape index (κ2) is 6.38. The molecule has 0 bridgehead atoms. The highest BCUT2D eigenvalue weighted by atomic mass is 35.5. The zero-order chi connectivity index (χ0) is 19.4. The van der Waals surface area contributed by atoms with Crippen LogP contribution < -0.4 is 15.0 Å². The number of carbonyl (C=O) groups excluding carboxylic acids is 1.